The number of piperazine rings is 1. The number of carbonyl (C=O) groups is 2. The number of amides is 2. The van der Waals surface area contributed by atoms with Crippen LogP contribution in [0, 0.1) is 0 Å². The molecular weight excluding hydrogens is 320 g/mol. The van der Waals surface area contributed by atoms with Crippen LogP contribution in [0.5, 0.6) is 0 Å². The predicted molar refractivity (Wildman–Crippen MR) is 94.9 cm³/mol. The molecule has 2 heterocycles. The fourth-order valence-electron chi connectivity index (χ4n) is 2.69. The molecule has 138 valence electrons. The first kappa shape index (κ1) is 19.2. The summed E-state index contributed by atoms with van der Waals surface area (Å²) in [7, 11) is 0. The lowest BCUT2D eigenvalue weighted by atomic mass is 10.2. The van der Waals surface area contributed by atoms with E-state index < -0.39 is 17.7 Å². The molecule has 1 aliphatic rings. The van der Waals surface area contributed by atoms with Crippen molar-refractivity contribution in [2.75, 3.05) is 26.2 Å². The Morgan fingerprint density at radius 1 is 1.20 bits per heavy atom. The molecule has 1 fully saturated rings. The molecule has 0 aromatic carbocycles. The maximum atomic E-state index is 12.5. The number of ether oxygens (including phenoxy) is 1. The molecule has 0 radical (unpaired) electrons. The fourth-order valence-corrected chi connectivity index (χ4v) is 2.69. The quantitative estimate of drug-likeness (QED) is 0.895. The van der Waals surface area contributed by atoms with Gasteiger partial charge in [0, 0.05) is 45.1 Å². The van der Waals surface area contributed by atoms with Crippen LogP contribution in [0.2, 0.25) is 0 Å². The highest BCUT2D eigenvalue weighted by Crippen LogP contribution is 2.10. The second-order valence-electron chi connectivity index (χ2n) is 7.32. The molecule has 1 saturated heterocycles. The molecule has 1 N–H and O–H groups in total. The van der Waals surface area contributed by atoms with Crippen molar-refractivity contribution in [3.63, 3.8) is 0 Å². The Labute approximate surface area is 149 Å². The first-order valence-corrected chi connectivity index (χ1v) is 8.64. The van der Waals surface area contributed by atoms with E-state index in [0.29, 0.717) is 13.1 Å². The van der Waals surface area contributed by atoms with Crippen LogP contribution in [0.3, 0.4) is 0 Å². The molecule has 1 aromatic heterocycles. The van der Waals surface area contributed by atoms with Gasteiger partial charge >= 0.3 is 6.09 Å². The lowest BCUT2D eigenvalue weighted by Gasteiger charge is -2.36. The van der Waals surface area contributed by atoms with E-state index in [0.717, 1.165) is 19.6 Å². The molecule has 7 nitrogen and oxygen atoms in total. The van der Waals surface area contributed by atoms with Gasteiger partial charge in [-0.3, -0.25) is 14.7 Å². The van der Waals surface area contributed by atoms with E-state index in [9.17, 15) is 9.59 Å². The zero-order valence-electron chi connectivity index (χ0n) is 15.5. The monoisotopic (exact) mass is 348 g/mol. The van der Waals surface area contributed by atoms with Crippen molar-refractivity contribution in [3.8, 4) is 0 Å². The van der Waals surface area contributed by atoms with Gasteiger partial charge in [0.25, 0.3) is 0 Å². The highest BCUT2D eigenvalue weighted by atomic mass is 16.6. The van der Waals surface area contributed by atoms with E-state index in [2.05, 4.69) is 15.2 Å². The molecule has 0 bridgehead atoms. The van der Waals surface area contributed by atoms with E-state index in [4.69, 9.17) is 4.74 Å². The van der Waals surface area contributed by atoms with E-state index >= 15 is 0 Å². The van der Waals surface area contributed by atoms with Gasteiger partial charge in [-0.2, -0.15) is 0 Å². The summed E-state index contributed by atoms with van der Waals surface area (Å²) in [5.74, 6) is -0.0746. The van der Waals surface area contributed by atoms with Crippen LogP contribution in [0.25, 0.3) is 0 Å². The van der Waals surface area contributed by atoms with Crippen LogP contribution in [0.1, 0.15) is 33.3 Å². The number of aromatic nitrogens is 1. The van der Waals surface area contributed by atoms with Gasteiger partial charge in [0.1, 0.15) is 11.6 Å². The minimum absolute atomic E-state index is 0.0746. The topological polar surface area (TPSA) is 74.8 Å². The van der Waals surface area contributed by atoms with Crippen LogP contribution in [-0.4, -0.2) is 64.6 Å². The largest absolute Gasteiger partial charge is 0.444 e. The first-order chi connectivity index (χ1) is 11.7. The van der Waals surface area contributed by atoms with Gasteiger partial charge < -0.3 is 15.0 Å². The zero-order chi connectivity index (χ0) is 18.4. The Morgan fingerprint density at radius 2 is 1.80 bits per heavy atom. The van der Waals surface area contributed by atoms with Gasteiger partial charge in [0.2, 0.25) is 5.91 Å². The van der Waals surface area contributed by atoms with E-state index in [1.807, 2.05) is 12.1 Å². The summed E-state index contributed by atoms with van der Waals surface area (Å²) in [5.41, 5.74) is 0.639. The molecule has 1 aromatic rings. The predicted octanol–water partition coefficient (Wildman–Crippen LogP) is 1.64. The van der Waals surface area contributed by atoms with Gasteiger partial charge in [0.15, 0.2) is 0 Å². The molecule has 2 amide bonds. The fraction of sp³-hybridized carbons (Fsp3) is 0.611. The van der Waals surface area contributed by atoms with E-state index in [1.165, 1.54) is 5.56 Å². The Balaban J connectivity index is 1.77. The van der Waals surface area contributed by atoms with Gasteiger partial charge in [0.05, 0.1) is 0 Å². The Bertz CT molecular complexity index is 578. The summed E-state index contributed by atoms with van der Waals surface area (Å²) >= 11 is 0. The van der Waals surface area contributed by atoms with Gasteiger partial charge in [-0.1, -0.05) is 0 Å². The molecule has 0 saturated carbocycles. The molecule has 0 aliphatic carbocycles. The minimum atomic E-state index is -0.596. The highest BCUT2D eigenvalue weighted by molar-refractivity contribution is 5.85. The number of alkyl carbamates (subject to hydrolysis) is 1. The number of nitrogens with zero attached hydrogens (tertiary/aromatic N) is 3. The molecule has 1 atom stereocenters. The second-order valence-corrected chi connectivity index (χ2v) is 7.32. The molecule has 25 heavy (non-hydrogen) atoms. The Hall–Kier alpha value is -2.15. The summed E-state index contributed by atoms with van der Waals surface area (Å²) in [6.45, 7) is 10.9. The summed E-state index contributed by atoms with van der Waals surface area (Å²) < 4.78 is 5.20. The van der Waals surface area contributed by atoms with Crippen molar-refractivity contribution in [2.45, 2.75) is 45.9 Å². The van der Waals surface area contributed by atoms with Crippen molar-refractivity contribution in [1.29, 1.82) is 0 Å². The van der Waals surface area contributed by atoms with Crippen LogP contribution < -0.4 is 5.32 Å². The van der Waals surface area contributed by atoms with Gasteiger partial charge in [-0.15, -0.1) is 0 Å². The van der Waals surface area contributed by atoms with Crippen LogP contribution in [0.15, 0.2) is 24.5 Å². The zero-order valence-corrected chi connectivity index (χ0v) is 15.5. The molecule has 2 rings (SSSR count). The first-order valence-electron chi connectivity index (χ1n) is 8.64. The van der Waals surface area contributed by atoms with Gasteiger partial charge in [-0.25, -0.2) is 4.79 Å². The lowest BCUT2D eigenvalue weighted by molar-refractivity contribution is -0.134. The number of nitrogens with one attached hydrogen (secondary N) is 1. The molecule has 0 unspecified atom stereocenters. The maximum Gasteiger partial charge on any atom is 0.408 e. The van der Waals surface area contributed by atoms with Crippen molar-refractivity contribution in [3.05, 3.63) is 30.1 Å². The summed E-state index contributed by atoms with van der Waals surface area (Å²) in [6.07, 6.45) is 3.02. The third-order valence-corrected chi connectivity index (χ3v) is 3.94. The number of hydrogen-bond donors (Lipinski definition) is 1. The SMILES string of the molecule is C[C@@H](NC(=O)OC(C)(C)C)C(=O)N1CCN(Cc2ccncc2)CC1. The van der Waals surface area contributed by atoms with Crippen molar-refractivity contribution in [2.24, 2.45) is 0 Å². The normalized spacial score (nSPS) is 17.0. The standard InChI is InChI=1S/C18H28N4O3/c1-14(20-17(24)25-18(2,3)4)16(23)22-11-9-21(10-12-22)13-15-5-7-19-8-6-15/h5-8,14H,9-13H2,1-4H3,(H,20,24)/t14-/m1/s1. The second kappa shape index (κ2) is 8.29. The number of carbonyl (C=O) groups excluding carboxylic acids is 2. The average Bonchev–Trinajstić information content (AvgIpc) is 2.54. The van der Waals surface area contributed by atoms with Crippen molar-refractivity contribution < 1.29 is 14.3 Å². The highest BCUT2D eigenvalue weighted by Gasteiger charge is 2.27. The van der Waals surface area contributed by atoms with Crippen LogP contribution >= 0.6 is 0 Å². The maximum absolute atomic E-state index is 12.5. The average molecular weight is 348 g/mol. The molecular formula is C18H28N4O3. The number of pyridine rings is 1. The van der Waals surface area contributed by atoms with Crippen molar-refractivity contribution >= 4 is 12.0 Å². The smallest absolute Gasteiger partial charge is 0.408 e. The summed E-state index contributed by atoms with van der Waals surface area (Å²) in [6, 6.07) is 3.41. The number of rotatable bonds is 4. The number of hydrogen-bond acceptors (Lipinski definition) is 5. The molecule has 7 heteroatoms. The molecule has 1 aliphatic heterocycles. The van der Waals surface area contributed by atoms with E-state index in [-0.39, 0.29) is 5.91 Å². The van der Waals surface area contributed by atoms with Crippen LogP contribution in [-0.2, 0) is 16.1 Å². The van der Waals surface area contributed by atoms with Crippen LogP contribution in [0.4, 0.5) is 4.79 Å². The summed E-state index contributed by atoms with van der Waals surface area (Å²) in [4.78, 5) is 32.4. The summed E-state index contributed by atoms with van der Waals surface area (Å²) in [5, 5.41) is 2.61. The van der Waals surface area contributed by atoms with Gasteiger partial charge in [-0.05, 0) is 45.4 Å². The third-order valence-electron chi connectivity index (χ3n) is 3.94. The Morgan fingerprint density at radius 3 is 2.36 bits per heavy atom. The minimum Gasteiger partial charge on any atom is -0.444 e. The Kier molecular flexibility index (Phi) is 6.36. The lowest BCUT2D eigenvalue weighted by Crippen LogP contribution is -2.54. The third kappa shape index (κ3) is 6.34. The van der Waals surface area contributed by atoms with E-state index in [1.54, 1.807) is 45.0 Å². The van der Waals surface area contributed by atoms with Crippen molar-refractivity contribution in [1.82, 2.24) is 20.1 Å². The molecule has 0 spiro atoms.